The Morgan fingerprint density at radius 3 is 2.71 bits per heavy atom. The first-order valence-electron chi connectivity index (χ1n) is 16.2. The number of piperazine rings is 1. The number of hydrogen-bond acceptors (Lipinski definition) is 6. The van der Waals surface area contributed by atoms with Crippen molar-refractivity contribution in [2.75, 3.05) is 24.5 Å². The molecule has 9 heteroatoms. The topological polar surface area (TPSA) is 84.2 Å². The maximum atomic E-state index is 14.2. The monoisotopic (exact) mass is 587 g/mol. The third-order valence-electron chi connectivity index (χ3n) is 7.56. The number of amides is 1. The molecule has 3 aromatic heterocycles. The summed E-state index contributed by atoms with van der Waals surface area (Å²) in [5.41, 5.74) is 1.70. The van der Waals surface area contributed by atoms with E-state index in [4.69, 9.17) is 23.4 Å². The molecule has 0 spiro atoms. The summed E-state index contributed by atoms with van der Waals surface area (Å²) in [5, 5.41) is 0.622. The Balaban J connectivity index is 1.86. The van der Waals surface area contributed by atoms with Gasteiger partial charge >= 0.3 is 5.69 Å². The molecule has 216 valence electrons. The Bertz CT molecular complexity index is 1990. The van der Waals surface area contributed by atoms with Crippen molar-refractivity contribution >= 4 is 39.9 Å². The number of carbonyl (C=O) groups excluding carboxylic acids is 1. The Kier molecular flexibility index (Phi) is 6.39. The van der Waals surface area contributed by atoms with Crippen LogP contribution in [0.5, 0.6) is 0 Å². The molecule has 0 unspecified atom stereocenters. The van der Waals surface area contributed by atoms with Gasteiger partial charge in [-0.3, -0.25) is 9.78 Å². The van der Waals surface area contributed by atoms with Crippen molar-refractivity contribution in [3.05, 3.63) is 94.1 Å². The molecular weight excluding hydrogens is 548 g/mol. The van der Waals surface area contributed by atoms with Gasteiger partial charge in [-0.15, -0.1) is 0 Å². The average Bonchev–Trinajstić information content (AvgIpc) is 3.00. The summed E-state index contributed by atoms with van der Waals surface area (Å²) >= 11 is 6.97. The number of halogens is 1. The van der Waals surface area contributed by atoms with Gasteiger partial charge in [0.25, 0.3) is 0 Å². The fraction of sp³-hybridized carbons (Fsp3) is 0.303. The number of pyridine rings is 2. The second kappa shape index (κ2) is 11.5. The average molecular weight is 588 g/mol. The maximum absolute atomic E-state index is 14.2. The molecule has 4 aromatic rings. The van der Waals surface area contributed by atoms with Crippen molar-refractivity contribution in [2.45, 2.75) is 46.5 Å². The standard InChI is InChI=1S/C33H35ClN6O2/c1-8-27(41)38-15-16-39(22(7)18-38)31-25-17-26(34)29(24-12-10-9-11-23(24)19(2)3)36-32(25)40(33(42)37-31)30-21(6)13-14-35-28(30)20(4)5/h8-14,17,20,22H,1-2,15-16,18H2,3-7H3/t22-/m0/s1/i2D2,3D3. The first-order valence-corrected chi connectivity index (χ1v) is 14.1. The summed E-state index contributed by atoms with van der Waals surface area (Å²) < 4.78 is 41.6. The Morgan fingerprint density at radius 2 is 2.02 bits per heavy atom. The normalized spacial score (nSPS) is 17.3. The number of anilines is 1. The zero-order chi connectivity index (χ0) is 34.4. The molecule has 0 aliphatic carbocycles. The maximum Gasteiger partial charge on any atom is 0.355 e. The van der Waals surface area contributed by atoms with Gasteiger partial charge in [-0.25, -0.2) is 14.3 Å². The Hall–Kier alpha value is -4.30. The largest absolute Gasteiger partial charge is 0.355 e. The highest BCUT2D eigenvalue weighted by atomic mass is 35.5. The van der Waals surface area contributed by atoms with Crippen LogP contribution in [0, 0.1) is 6.92 Å². The summed E-state index contributed by atoms with van der Waals surface area (Å²) in [6, 6.07) is 9.68. The number of aryl methyl sites for hydroxylation is 1. The molecule has 0 saturated carbocycles. The first kappa shape index (κ1) is 23.3. The minimum absolute atomic E-state index is 0.0611. The van der Waals surface area contributed by atoms with Crippen molar-refractivity contribution in [1.82, 2.24) is 24.4 Å². The summed E-state index contributed by atoms with van der Waals surface area (Å²) in [6.45, 7) is 8.89. The molecule has 1 saturated heterocycles. The first-order chi connectivity index (χ1) is 22.1. The van der Waals surface area contributed by atoms with E-state index in [1.165, 1.54) is 16.7 Å². The summed E-state index contributed by atoms with van der Waals surface area (Å²) in [7, 11) is 0. The Labute approximate surface area is 258 Å². The van der Waals surface area contributed by atoms with Gasteiger partial charge in [-0.05, 0) is 56.0 Å². The highest BCUT2D eigenvalue weighted by Gasteiger charge is 2.30. The molecule has 8 nitrogen and oxygen atoms in total. The van der Waals surface area contributed by atoms with Crippen molar-refractivity contribution in [3.8, 4) is 16.9 Å². The quantitative estimate of drug-likeness (QED) is 0.250. The minimum Gasteiger partial charge on any atom is -0.350 e. The van der Waals surface area contributed by atoms with Crippen LogP contribution in [-0.4, -0.2) is 56.0 Å². The van der Waals surface area contributed by atoms with Crippen LogP contribution in [0.15, 0.2) is 66.6 Å². The lowest BCUT2D eigenvalue weighted by atomic mass is 9.99. The van der Waals surface area contributed by atoms with Crippen LogP contribution in [0.1, 0.15) is 57.2 Å². The van der Waals surface area contributed by atoms with Gasteiger partial charge in [0.15, 0.2) is 5.65 Å². The lowest BCUT2D eigenvalue weighted by molar-refractivity contribution is -0.126. The molecule has 42 heavy (non-hydrogen) atoms. The molecule has 1 atom stereocenters. The molecule has 4 heterocycles. The Morgan fingerprint density at radius 1 is 1.24 bits per heavy atom. The molecule has 0 bridgehead atoms. The second-order valence-electron chi connectivity index (χ2n) is 10.7. The number of allylic oxidation sites excluding steroid dienone is 1. The zero-order valence-corrected chi connectivity index (χ0v) is 24.7. The SMILES string of the molecule is [2H]C([2H])=C(c1ccccc1-c1nc2c(cc1Cl)c(N1CCN(C(=O)C=C)C[C@@H]1C)nc(=O)n2-c1c(C)ccnc1C(C)C)C([2H])([2H])[2H]. The zero-order valence-electron chi connectivity index (χ0n) is 29.0. The molecule has 5 rings (SSSR count). The summed E-state index contributed by atoms with van der Waals surface area (Å²) in [4.78, 5) is 44.3. The second-order valence-corrected chi connectivity index (χ2v) is 11.1. The van der Waals surface area contributed by atoms with E-state index in [1.54, 1.807) is 41.4 Å². The minimum atomic E-state index is -2.76. The predicted molar refractivity (Wildman–Crippen MR) is 170 cm³/mol. The molecule has 0 radical (unpaired) electrons. The van der Waals surface area contributed by atoms with Crippen LogP contribution in [0.4, 0.5) is 5.82 Å². The van der Waals surface area contributed by atoms with Gasteiger partial charge in [0.1, 0.15) is 5.82 Å². The molecule has 1 aromatic carbocycles. The molecule has 1 aliphatic rings. The van der Waals surface area contributed by atoms with E-state index in [0.717, 1.165) is 5.56 Å². The van der Waals surface area contributed by atoms with Gasteiger partial charge in [0, 0.05) is 41.5 Å². The number of nitrogens with zero attached hydrogens (tertiary/aromatic N) is 6. The van der Waals surface area contributed by atoms with E-state index in [-0.39, 0.29) is 45.4 Å². The van der Waals surface area contributed by atoms with Gasteiger partial charge < -0.3 is 9.80 Å². The van der Waals surface area contributed by atoms with Crippen LogP contribution in [0.2, 0.25) is 5.02 Å². The summed E-state index contributed by atoms with van der Waals surface area (Å²) in [6.07, 6.45) is 2.96. The van der Waals surface area contributed by atoms with Gasteiger partial charge in [0.05, 0.1) is 30.2 Å². The van der Waals surface area contributed by atoms with Crippen LogP contribution < -0.4 is 10.6 Å². The van der Waals surface area contributed by atoms with E-state index in [0.29, 0.717) is 42.2 Å². The van der Waals surface area contributed by atoms with E-state index in [9.17, 15) is 9.59 Å². The lowest BCUT2D eigenvalue weighted by Gasteiger charge is -2.40. The third-order valence-corrected chi connectivity index (χ3v) is 7.85. The highest BCUT2D eigenvalue weighted by molar-refractivity contribution is 6.34. The van der Waals surface area contributed by atoms with Crippen molar-refractivity contribution in [1.29, 1.82) is 0 Å². The lowest BCUT2D eigenvalue weighted by Crippen LogP contribution is -2.54. The number of hydrogen-bond donors (Lipinski definition) is 0. The smallest absolute Gasteiger partial charge is 0.350 e. The van der Waals surface area contributed by atoms with Crippen molar-refractivity contribution < 1.29 is 11.6 Å². The fourth-order valence-electron chi connectivity index (χ4n) is 5.51. The van der Waals surface area contributed by atoms with Crippen LogP contribution >= 0.6 is 11.6 Å². The molecular formula is C33H35ClN6O2. The van der Waals surface area contributed by atoms with E-state index in [1.807, 2.05) is 32.6 Å². The number of aromatic nitrogens is 4. The van der Waals surface area contributed by atoms with Crippen LogP contribution in [0.3, 0.4) is 0 Å². The van der Waals surface area contributed by atoms with Gasteiger partial charge in [-0.2, -0.15) is 4.98 Å². The number of benzene rings is 1. The van der Waals surface area contributed by atoms with Crippen molar-refractivity contribution in [3.63, 3.8) is 0 Å². The fourth-order valence-corrected chi connectivity index (χ4v) is 5.76. The number of rotatable bonds is 6. The van der Waals surface area contributed by atoms with Crippen LogP contribution in [0.25, 0.3) is 33.6 Å². The third kappa shape index (κ3) is 5.11. The van der Waals surface area contributed by atoms with Gasteiger partial charge in [0.2, 0.25) is 5.91 Å². The molecule has 1 amide bonds. The van der Waals surface area contributed by atoms with E-state index in [2.05, 4.69) is 16.5 Å². The number of carbonyl (C=O) groups is 1. The van der Waals surface area contributed by atoms with E-state index >= 15 is 0 Å². The van der Waals surface area contributed by atoms with Gasteiger partial charge in [-0.1, -0.05) is 68.4 Å². The number of fused-ring (bicyclic) bond motifs is 1. The molecule has 1 aliphatic heterocycles. The molecule has 0 N–H and O–H groups in total. The highest BCUT2D eigenvalue weighted by Crippen LogP contribution is 2.37. The summed E-state index contributed by atoms with van der Waals surface area (Å²) in [5.74, 6) is 0.109. The molecule has 1 fully saturated rings. The van der Waals surface area contributed by atoms with Crippen LogP contribution in [-0.2, 0) is 4.79 Å². The predicted octanol–water partition coefficient (Wildman–Crippen LogP) is 6.18. The van der Waals surface area contributed by atoms with Crippen molar-refractivity contribution in [2.24, 2.45) is 0 Å². The van der Waals surface area contributed by atoms with E-state index < -0.39 is 24.6 Å².